The van der Waals surface area contributed by atoms with Gasteiger partial charge in [-0.25, -0.2) is 0 Å². The maximum absolute atomic E-state index is 2.51. The fourth-order valence-corrected chi connectivity index (χ4v) is 9.75. The Kier molecular flexibility index (Phi) is 9.55. The van der Waals surface area contributed by atoms with Crippen molar-refractivity contribution in [2.45, 2.75) is 5.41 Å². The molecule has 0 amide bonds. The summed E-state index contributed by atoms with van der Waals surface area (Å²) in [5.74, 6) is 0. The zero-order valence-electron chi connectivity index (χ0n) is 29.8. The molecule has 0 aliphatic heterocycles. The number of nitrogens with zero attached hydrogens (tertiary/aromatic N) is 2. The SMILES string of the molecule is C[I-]c1ccc2c(c1)C(c1ccc(N(c3ccccc3)c3ccccc3)cc1)(c1ccc(N(c3ccccc3)c3ccccc3)cc1)c1cc(I)ccc1-2. The van der Waals surface area contributed by atoms with Crippen LogP contribution >= 0.6 is 22.6 Å². The van der Waals surface area contributed by atoms with Gasteiger partial charge in [0.2, 0.25) is 0 Å². The average molecular weight is 920 g/mol. The molecule has 0 N–H and O–H groups in total. The van der Waals surface area contributed by atoms with Gasteiger partial charge in [-0.1, -0.05) is 24.3 Å². The van der Waals surface area contributed by atoms with Gasteiger partial charge in [-0.05, 0) is 0 Å². The Morgan fingerprint density at radius 1 is 0.389 bits per heavy atom. The Morgan fingerprint density at radius 2 is 0.741 bits per heavy atom. The van der Waals surface area contributed by atoms with Crippen molar-refractivity contribution in [1.29, 1.82) is 0 Å². The number of rotatable bonds is 9. The predicted molar refractivity (Wildman–Crippen MR) is 230 cm³/mol. The van der Waals surface area contributed by atoms with Crippen molar-refractivity contribution in [2.24, 2.45) is 0 Å². The van der Waals surface area contributed by atoms with E-state index in [2.05, 4.69) is 244 Å². The summed E-state index contributed by atoms with van der Waals surface area (Å²) in [5, 5.41) is 0. The molecular formula is C50H37I2N2-. The third-order valence-corrected chi connectivity index (χ3v) is 13.0. The molecule has 0 saturated heterocycles. The summed E-state index contributed by atoms with van der Waals surface area (Å²) in [6, 6.07) is 75.6. The number of para-hydroxylation sites is 4. The third-order valence-electron chi connectivity index (χ3n) is 10.5. The quantitative estimate of drug-likeness (QED) is 0.105. The Morgan fingerprint density at radius 3 is 1.13 bits per heavy atom. The van der Waals surface area contributed by atoms with Crippen molar-refractivity contribution in [1.82, 2.24) is 0 Å². The van der Waals surface area contributed by atoms with Crippen LogP contribution in [0.3, 0.4) is 0 Å². The Labute approximate surface area is 342 Å². The molecule has 8 aromatic rings. The predicted octanol–water partition coefficient (Wildman–Crippen LogP) is 10.5. The zero-order valence-corrected chi connectivity index (χ0v) is 34.1. The number of hydrogen-bond donors (Lipinski definition) is 0. The normalized spacial score (nSPS) is 12.6. The van der Waals surface area contributed by atoms with E-state index in [9.17, 15) is 0 Å². The van der Waals surface area contributed by atoms with E-state index in [0.29, 0.717) is 0 Å². The maximum atomic E-state index is 2.51. The molecule has 1 aliphatic carbocycles. The third kappa shape index (κ3) is 6.11. The van der Waals surface area contributed by atoms with Crippen LogP contribution in [0.5, 0.6) is 0 Å². The van der Waals surface area contributed by atoms with Crippen molar-refractivity contribution < 1.29 is 21.2 Å². The first-order valence-electron chi connectivity index (χ1n) is 18.1. The van der Waals surface area contributed by atoms with Crippen LogP contribution in [-0.4, -0.2) is 4.93 Å². The zero-order chi connectivity index (χ0) is 36.5. The molecular weight excluding hydrogens is 882 g/mol. The van der Waals surface area contributed by atoms with E-state index in [4.69, 9.17) is 0 Å². The molecule has 0 fully saturated rings. The van der Waals surface area contributed by atoms with Gasteiger partial charge >= 0.3 is 321 Å². The van der Waals surface area contributed by atoms with Gasteiger partial charge in [0.1, 0.15) is 0 Å². The molecule has 0 unspecified atom stereocenters. The molecule has 0 bridgehead atoms. The van der Waals surface area contributed by atoms with E-state index in [1.807, 2.05) is 0 Å². The van der Waals surface area contributed by atoms with Crippen LogP contribution in [0.15, 0.2) is 206 Å². The van der Waals surface area contributed by atoms with Gasteiger partial charge in [-0.3, -0.25) is 0 Å². The van der Waals surface area contributed by atoms with E-state index in [-0.39, 0.29) is 21.2 Å². The minimum atomic E-state index is -0.507. The number of benzene rings is 8. The molecule has 8 aromatic carbocycles. The van der Waals surface area contributed by atoms with E-state index < -0.39 is 5.41 Å². The fraction of sp³-hybridized carbons (Fsp3) is 0.0400. The van der Waals surface area contributed by atoms with Crippen LogP contribution in [0, 0.1) is 7.14 Å². The molecule has 0 heterocycles. The summed E-state index contributed by atoms with van der Waals surface area (Å²) in [6.45, 7) is 0. The standard InChI is InChI=1S/C50H37I2N2/c1-52-39-27-33-47-46-32-26-38(51)34-48(46)50(49(47)35-39,36-22-28-44(29-23-36)53(40-14-6-2-7-15-40)41-16-8-3-9-17-41)37-24-30-45(31-25-37)54(42-18-10-4-11-19-42)43-20-12-5-13-21-43/h2-35H,1H3/q-1. The van der Waals surface area contributed by atoms with Gasteiger partial charge in [0.25, 0.3) is 0 Å². The Hall–Kier alpha value is -5.18. The van der Waals surface area contributed by atoms with Crippen molar-refractivity contribution in [2.75, 3.05) is 14.7 Å². The summed E-state index contributed by atoms with van der Waals surface area (Å²) in [5.41, 5.74) is 14.1. The molecule has 4 heteroatoms. The van der Waals surface area contributed by atoms with Crippen LogP contribution < -0.4 is 31.0 Å². The molecule has 262 valence electrons. The number of halogens is 2. The first-order chi connectivity index (χ1) is 26.6. The first-order valence-corrected chi connectivity index (χ1v) is 22.4. The summed E-state index contributed by atoms with van der Waals surface area (Å²) < 4.78 is 2.69. The van der Waals surface area contributed by atoms with Crippen LogP contribution in [-0.2, 0) is 5.41 Å². The first kappa shape index (κ1) is 34.6. The van der Waals surface area contributed by atoms with Gasteiger partial charge < -0.3 is 0 Å². The van der Waals surface area contributed by atoms with E-state index in [1.54, 1.807) is 0 Å². The Balaban J connectivity index is 1.25. The van der Waals surface area contributed by atoms with Gasteiger partial charge in [-0.15, -0.1) is 0 Å². The molecule has 0 radical (unpaired) electrons. The molecule has 0 atom stereocenters. The second-order valence-corrected chi connectivity index (χ2v) is 17.0. The van der Waals surface area contributed by atoms with Crippen molar-refractivity contribution >= 4 is 56.7 Å². The molecule has 9 rings (SSSR count). The number of hydrogen-bond acceptors (Lipinski definition) is 2. The van der Waals surface area contributed by atoms with Gasteiger partial charge in [0.15, 0.2) is 0 Å². The molecule has 0 spiro atoms. The average Bonchev–Trinajstić information content (AvgIpc) is 3.52. The fourth-order valence-electron chi connectivity index (χ4n) is 8.10. The number of fused-ring (bicyclic) bond motifs is 3. The van der Waals surface area contributed by atoms with Crippen molar-refractivity contribution in [3.8, 4) is 11.1 Å². The van der Waals surface area contributed by atoms with Crippen LogP contribution in [0.2, 0.25) is 0 Å². The van der Waals surface area contributed by atoms with E-state index >= 15 is 0 Å². The monoisotopic (exact) mass is 919 g/mol. The van der Waals surface area contributed by atoms with Gasteiger partial charge in [0, 0.05) is 0 Å². The molecule has 0 saturated carbocycles. The molecule has 1 aliphatic rings. The van der Waals surface area contributed by atoms with Crippen LogP contribution in [0.25, 0.3) is 11.1 Å². The number of alkyl halides is 1. The molecule has 54 heavy (non-hydrogen) atoms. The second kappa shape index (κ2) is 14.9. The number of anilines is 6. The summed E-state index contributed by atoms with van der Waals surface area (Å²) in [7, 11) is 0. The van der Waals surface area contributed by atoms with E-state index in [0.717, 1.165) is 34.1 Å². The summed E-state index contributed by atoms with van der Waals surface area (Å²) in [4.78, 5) is 7.04. The van der Waals surface area contributed by atoms with Gasteiger partial charge in [-0.2, -0.15) is 0 Å². The molecule has 2 nitrogen and oxygen atoms in total. The molecule has 0 aromatic heterocycles. The van der Waals surface area contributed by atoms with Crippen molar-refractivity contribution in [3.63, 3.8) is 0 Å². The van der Waals surface area contributed by atoms with Crippen LogP contribution in [0.4, 0.5) is 34.1 Å². The van der Waals surface area contributed by atoms with Gasteiger partial charge in [0.05, 0.1) is 0 Å². The van der Waals surface area contributed by atoms with Crippen molar-refractivity contribution in [3.05, 3.63) is 236 Å². The minimum absolute atomic E-state index is 0.112. The summed E-state index contributed by atoms with van der Waals surface area (Å²) in [6.07, 6.45) is 0. The summed E-state index contributed by atoms with van der Waals surface area (Å²) >= 11 is 2.38. The van der Waals surface area contributed by atoms with E-state index in [1.165, 1.54) is 40.5 Å². The Bertz CT molecular complexity index is 2320. The topological polar surface area (TPSA) is 6.48 Å². The second-order valence-electron chi connectivity index (χ2n) is 13.4. The van der Waals surface area contributed by atoms with Crippen LogP contribution in [0.1, 0.15) is 22.3 Å².